The van der Waals surface area contributed by atoms with Gasteiger partial charge in [-0.1, -0.05) is 41.9 Å². The molecular weight excluding hydrogens is 454 g/mol. The number of aromatic nitrogens is 2. The molecule has 0 bridgehead atoms. The number of aryl methyl sites for hydroxylation is 1. The third-order valence-electron chi connectivity index (χ3n) is 7.17. The molecule has 33 heavy (non-hydrogen) atoms. The molecule has 5 nitrogen and oxygen atoms in total. The highest BCUT2D eigenvalue weighted by Gasteiger charge is 2.40. The lowest BCUT2D eigenvalue weighted by atomic mass is 9.76. The summed E-state index contributed by atoms with van der Waals surface area (Å²) >= 11 is 6.50. The van der Waals surface area contributed by atoms with Crippen LogP contribution in [0.25, 0.3) is 11.3 Å². The molecule has 1 saturated heterocycles. The maximum absolute atomic E-state index is 11.8. The number of fused-ring (bicyclic) bond motifs is 1. The van der Waals surface area contributed by atoms with Gasteiger partial charge in [0, 0.05) is 40.6 Å². The average Bonchev–Trinajstić information content (AvgIpc) is 3.17. The van der Waals surface area contributed by atoms with Crippen LogP contribution in [0.4, 0.5) is 5.82 Å². The fraction of sp³-hybridized carbons (Fsp3) is 0.385. The van der Waals surface area contributed by atoms with Gasteiger partial charge in [-0.25, -0.2) is 9.97 Å². The first-order valence-corrected chi connectivity index (χ1v) is 13.3. The van der Waals surface area contributed by atoms with Crippen molar-refractivity contribution in [3.63, 3.8) is 0 Å². The molecule has 1 spiro atoms. The van der Waals surface area contributed by atoms with Crippen molar-refractivity contribution in [1.82, 2.24) is 9.97 Å². The summed E-state index contributed by atoms with van der Waals surface area (Å²) < 4.78 is 11.8. The smallest absolute Gasteiger partial charge is 0.153 e. The zero-order valence-electron chi connectivity index (χ0n) is 19.0. The van der Waals surface area contributed by atoms with Gasteiger partial charge in [0.25, 0.3) is 0 Å². The van der Waals surface area contributed by atoms with E-state index in [1.165, 1.54) is 11.1 Å². The normalized spacial score (nSPS) is 17.9. The Balaban J connectivity index is 1.39. The molecule has 2 aliphatic rings. The molecule has 2 aromatic carbocycles. The van der Waals surface area contributed by atoms with Gasteiger partial charge in [0.2, 0.25) is 0 Å². The summed E-state index contributed by atoms with van der Waals surface area (Å²) in [5.41, 5.74) is 6.06. The van der Waals surface area contributed by atoms with Crippen molar-refractivity contribution in [3.05, 3.63) is 70.0 Å². The minimum absolute atomic E-state index is 0.183. The maximum atomic E-state index is 11.8. The van der Waals surface area contributed by atoms with Crippen LogP contribution in [0, 0.1) is 12.3 Å². The summed E-state index contributed by atoms with van der Waals surface area (Å²) in [7, 11) is -1.11. The molecule has 0 radical (unpaired) electrons. The van der Waals surface area contributed by atoms with E-state index in [0.29, 0.717) is 26.7 Å². The fourth-order valence-electron chi connectivity index (χ4n) is 5.34. The van der Waals surface area contributed by atoms with Gasteiger partial charge in [-0.3, -0.25) is 4.21 Å². The first kappa shape index (κ1) is 22.5. The molecule has 1 unspecified atom stereocenters. The number of anilines is 1. The van der Waals surface area contributed by atoms with Crippen molar-refractivity contribution in [2.75, 3.05) is 24.2 Å². The lowest BCUT2D eigenvalue weighted by Crippen LogP contribution is -2.41. The van der Waals surface area contributed by atoms with Crippen molar-refractivity contribution in [1.29, 1.82) is 0 Å². The number of benzene rings is 2. The van der Waals surface area contributed by atoms with Crippen molar-refractivity contribution in [2.45, 2.75) is 44.1 Å². The van der Waals surface area contributed by atoms with Crippen LogP contribution in [0.3, 0.4) is 0 Å². The second kappa shape index (κ2) is 8.82. The molecule has 1 aliphatic carbocycles. The maximum Gasteiger partial charge on any atom is 0.153 e. The average molecular weight is 482 g/mol. The van der Waals surface area contributed by atoms with E-state index in [1.54, 1.807) is 18.4 Å². The third-order valence-corrected chi connectivity index (χ3v) is 8.40. The Bertz CT molecular complexity index is 1210. The minimum Gasteiger partial charge on any atom is -0.390 e. The first-order valence-electron chi connectivity index (χ1n) is 11.3. The lowest BCUT2D eigenvalue weighted by Gasteiger charge is -2.40. The molecule has 1 fully saturated rings. The van der Waals surface area contributed by atoms with E-state index < -0.39 is 10.8 Å². The fourth-order valence-corrected chi connectivity index (χ4v) is 6.22. The Morgan fingerprint density at radius 1 is 1.09 bits per heavy atom. The van der Waals surface area contributed by atoms with E-state index in [2.05, 4.69) is 29.2 Å². The number of rotatable bonds is 4. The number of hydrogen-bond donors (Lipinski definition) is 1. The predicted octanol–water partition coefficient (Wildman–Crippen LogP) is 4.72. The van der Waals surface area contributed by atoms with E-state index in [-0.39, 0.29) is 6.61 Å². The van der Waals surface area contributed by atoms with Gasteiger partial charge in [-0.2, -0.15) is 0 Å². The number of hydrogen-bond acceptors (Lipinski definition) is 5. The summed E-state index contributed by atoms with van der Waals surface area (Å²) in [5.74, 6) is 0.770. The van der Waals surface area contributed by atoms with Gasteiger partial charge in [-0.15, -0.1) is 0 Å². The summed E-state index contributed by atoms with van der Waals surface area (Å²) in [6.45, 7) is 3.56. The van der Waals surface area contributed by atoms with Crippen LogP contribution in [0.5, 0.6) is 0 Å². The molecule has 7 heteroatoms. The summed E-state index contributed by atoms with van der Waals surface area (Å²) in [5, 5.41) is 10.6. The van der Waals surface area contributed by atoms with Crippen molar-refractivity contribution >= 4 is 28.2 Å². The Morgan fingerprint density at radius 2 is 1.76 bits per heavy atom. The number of piperidine rings is 1. The quantitative estimate of drug-likeness (QED) is 0.584. The largest absolute Gasteiger partial charge is 0.390 e. The summed E-state index contributed by atoms with van der Waals surface area (Å²) in [6, 6.07) is 14.2. The number of aliphatic hydroxyl groups excluding tert-OH is 1. The highest BCUT2D eigenvalue weighted by molar-refractivity contribution is 7.84. The predicted molar refractivity (Wildman–Crippen MR) is 133 cm³/mol. The Kier molecular flexibility index (Phi) is 6.02. The van der Waals surface area contributed by atoms with E-state index in [4.69, 9.17) is 21.6 Å². The van der Waals surface area contributed by atoms with E-state index in [1.807, 2.05) is 13.0 Å². The highest BCUT2D eigenvalue weighted by Crippen LogP contribution is 2.45. The van der Waals surface area contributed by atoms with Gasteiger partial charge in [-0.05, 0) is 61.3 Å². The molecule has 5 rings (SSSR count). The molecule has 1 aliphatic heterocycles. The standard InChI is InChI=1S/C26H28ClN3O2S/c1-17-24(21-8-7-20(33(2)32)13-22(21)27)29-23(16-31)25(28-17)30-11-9-26(10-12-30)14-18-5-3-4-6-19(18)15-26/h3-8,13,31H,9-12,14-16H2,1-2H3. The van der Waals surface area contributed by atoms with E-state index >= 15 is 0 Å². The van der Waals surface area contributed by atoms with Gasteiger partial charge in [0.1, 0.15) is 5.69 Å². The van der Waals surface area contributed by atoms with Crippen LogP contribution in [0.1, 0.15) is 35.4 Å². The second-order valence-corrected chi connectivity index (χ2v) is 11.1. The molecule has 3 aromatic rings. The number of nitrogens with zero attached hydrogens (tertiary/aromatic N) is 3. The topological polar surface area (TPSA) is 66.3 Å². The van der Waals surface area contributed by atoms with Gasteiger partial charge < -0.3 is 10.0 Å². The van der Waals surface area contributed by atoms with Crippen LogP contribution >= 0.6 is 11.6 Å². The minimum atomic E-state index is -1.11. The zero-order chi connectivity index (χ0) is 23.2. The first-order chi connectivity index (χ1) is 15.9. The van der Waals surface area contributed by atoms with Gasteiger partial charge >= 0.3 is 0 Å². The van der Waals surface area contributed by atoms with Crippen LogP contribution < -0.4 is 4.90 Å². The number of aliphatic hydroxyl groups is 1. The third kappa shape index (κ3) is 4.20. The highest BCUT2D eigenvalue weighted by atomic mass is 35.5. The Hall–Kier alpha value is -2.28. The monoisotopic (exact) mass is 481 g/mol. The second-order valence-electron chi connectivity index (χ2n) is 9.29. The molecule has 2 heterocycles. The van der Waals surface area contributed by atoms with Gasteiger partial charge in [0.05, 0.1) is 23.0 Å². The molecule has 1 atom stereocenters. The van der Waals surface area contributed by atoms with Crippen LogP contribution in [-0.4, -0.2) is 38.6 Å². The van der Waals surface area contributed by atoms with E-state index in [0.717, 1.165) is 55.8 Å². The van der Waals surface area contributed by atoms with Crippen LogP contribution in [-0.2, 0) is 30.2 Å². The Labute approximate surface area is 202 Å². The molecule has 0 saturated carbocycles. The van der Waals surface area contributed by atoms with Crippen LogP contribution in [0.15, 0.2) is 47.4 Å². The summed E-state index contributed by atoms with van der Waals surface area (Å²) in [4.78, 5) is 12.6. The number of halogens is 1. The zero-order valence-corrected chi connectivity index (χ0v) is 20.5. The SMILES string of the molecule is Cc1nc(N2CCC3(CC2)Cc2ccccc2C3)c(CO)nc1-c1ccc(S(C)=O)cc1Cl. The molecular formula is C26H28ClN3O2S. The van der Waals surface area contributed by atoms with Crippen molar-refractivity contribution in [2.24, 2.45) is 5.41 Å². The van der Waals surface area contributed by atoms with Crippen LogP contribution in [0.2, 0.25) is 5.02 Å². The Morgan fingerprint density at radius 3 is 2.33 bits per heavy atom. The van der Waals surface area contributed by atoms with E-state index in [9.17, 15) is 9.32 Å². The molecule has 172 valence electrons. The molecule has 1 N–H and O–H groups in total. The lowest BCUT2D eigenvalue weighted by molar-refractivity contribution is 0.231. The summed E-state index contributed by atoms with van der Waals surface area (Å²) in [6.07, 6.45) is 6.16. The van der Waals surface area contributed by atoms with Gasteiger partial charge in [0.15, 0.2) is 5.82 Å². The molecule has 0 amide bonds. The van der Waals surface area contributed by atoms with Crippen molar-refractivity contribution in [3.8, 4) is 11.3 Å². The molecule has 1 aromatic heterocycles. The van der Waals surface area contributed by atoms with Crippen molar-refractivity contribution < 1.29 is 9.32 Å².